The molecule has 3 rings (SSSR count). The number of benzene rings is 1. The van der Waals surface area contributed by atoms with Crippen LogP contribution >= 0.6 is 23.4 Å². The molecule has 6 N–H and O–H groups in total. The maximum atomic E-state index is 11.6. The van der Waals surface area contributed by atoms with Gasteiger partial charge in [0.1, 0.15) is 22.7 Å². The molecule has 0 atom stereocenters. The van der Waals surface area contributed by atoms with Crippen LogP contribution in [0.15, 0.2) is 39.5 Å². The van der Waals surface area contributed by atoms with Gasteiger partial charge in [-0.15, -0.1) is 0 Å². The molecule has 1 amide bonds. The molecule has 0 saturated carbocycles. The molecule has 0 aliphatic carbocycles. The van der Waals surface area contributed by atoms with E-state index < -0.39 is 5.91 Å². The van der Waals surface area contributed by atoms with E-state index in [0.29, 0.717) is 46.0 Å². The number of halogens is 1. The Kier molecular flexibility index (Phi) is 5.98. The first kappa shape index (κ1) is 19.6. The molecular formula is C18H21ClN4O3S. The summed E-state index contributed by atoms with van der Waals surface area (Å²) in [4.78, 5) is 11.6. The van der Waals surface area contributed by atoms with Crippen molar-refractivity contribution < 1.29 is 14.3 Å². The average Bonchev–Trinajstić information content (AvgIpc) is 2.89. The van der Waals surface area contributed by atoms with Crippen molar-refractivity contribution in [3.63, 3.8) is 0 Å². The van der Waals surface area contributed by atoms with Crippen molar-refractivity contribution in [3.8, 4) is 5.75 Å². The monoisotopic (exact) mass is 408 g/mol. The number of carbonyl (C=O) groups excluding carboxylic acids is 1. The molecule has 1 saturated heterocycles. The van der Waals surface area contributed by atoms with Gasteiger partial charge in [-0.05, 0) is 30.7 Å². The number of rotatable bonds is 5. The van der Waals surface area contributed by atoms with E-state index in [2.05, 4.69) is 5.32 Å². The van der Waals surface area contributed by atoms with E-state index in [9.17, 15) is 4.79 Å². The van der Waals surface area contributed by atoms with Gasteiger partial charge in [0.2, 0.25) is 5.91 Å². The fourth-order valence-electron chi connectivity index (χ4n) is 2.87. The predicted octanol–water partition coefficient (Wildman–Crippen LogP) is 3.12. The summed E-state index contributed by atoms with van der Waals surface area (Å²) < 4.78 is 12.0. The van der Waals surface area contributed by atoms with Gasteiger partial charge < -0.3 is 26.3 Å². The van der Waals surface area contributed by atoms with Crippen molar-refractivity contribution in [2.45, 2.75) is 25.9 Å². The van der Waals surface area contributed by atoms with Crippen LogP contribution in [0.1, 0.15) is 30.1 Å². The molecular weight excluding hydrogens is 388 g/mol. The first-order chi connectivity index (χ1) is 12.9. The number of carbonyl (C=O) groups is 1. The van der Waals surface area contributed by atoms with Crippen molar-refractivity contribution in [3.05, 3.63) is 45.1 Å². The van der Waals surface area contributed by atoms with Gasteiger partial charge in [0.05, 0.1) is 28.8 Å². The van der Waals surface area contributed by atoms with E-state index in [1.54, 1.807) is 18.2 Å². The van der Waals surface area contributed by atoms with Crippen LogP contribution in [0.2, 0.25) is 0 Å². The minimum Gasteiger partial charge on any atom is -0.488 e. The number of nitrogens with one attached hydrogen (secondary N) is 2. The Morgan fingerprint density at radius 3 is 2.67 bits per heavy atom. The van der Waals surface area contributed by atoms with Gasteiger partial charge >= 0.3 is 0 Å². The molecule has 27 heavy (non-hydrogen) atoms. The summed E-state index contributed by atoms with van der Waals surface area (Å²) in [6.45, 7) is 3.08. The largest absolute Gasteiger partial charge is 0.488 e. The van der Waals surface area contributed by atoms with Gasteiger partial charge in [0.25, 0.3) is 0 Å². The molecule has 2 aliphatic rings. The molecule has 7 nitrogen and oxygen atoms in total. The quantitative estimate of drug-likeness (QED) is 0.593. The molecule has 0 unspecified atom stereocenters. The summed E-state index contributed by atoms with van der Waals surface area (Å²) in [7, 11) is 0. The minimum atomic E-state index is -0.538. The lowest BCUT2D eigenvalue weighted by Gasteiger charge is -2.25. The van der Waals surface area contributed by atoms with Crippen molar-refractivity contribution in [1.29, 1.82) is 5.41 Å². The summed E-state index contributed by atoms with van der Waals surface area (Å²) in [6.07, 6.45) is 1.50. The van der Waals surface area contributed by atoms with Crippen LogP contribution < -0.4 is 21.5 Å². The summed E-state index contributed by atoms with van der Waals surface area (Å²) in [5.74, 6) is 0.236. The number of allylic oxidation sites excluding steroid dienone is 1. The summed E-state index contributed by atoms with van der Waals surface area (Å²) in [6, 6.07) is 4.89. The van der Waals surface area contributed by atoms with Crippen LogP contribution in [-0.4, -0.2) is 30.3 Å². The van der Waals surface area contributed by atoms with E-state index in [-0.39, 0.29) is 11.1 Å². The standard InChI is InChI=1S/C18H21ClN4O3S/c1-9-14(18(22)27-15(9)19)16(20)23-12-3-2-10(17(21)24)8-13(12)26-11-4-6-25-7-5-11/h2-3,8,11,22-23H,4-7,20H2,1H3,(H2,21,24)/b16-14+,22-18?. The Balaban J connectivity index is 1.92. The molecule has 1 fully saturated rings. The second-order valence-electron chi connectivity index (χ2n) is 6.25. The lowest BCUT2D eigenvalue weighted by Crippen LogP contribution is -2.26. The van der Waals surface area contributed by atoms with Gasteiger partial charge in [0, 0.05) is 18.4 Å². The van der Waals surface area contributed by atoms with Crippen LogP contribution in [0.5, 0.6) is 5.75 Å². The number of thioether (sulfide) groups is 1. The SMILES string of the molecule is CC1=C(Cl)SC(=N)/C1=C(\N)Nc1ccc(C(N)=O)cc1OC1CCOCC1. The fraction of sp³-hybridized carbons (Fsp3) is 0.333. The third-order valence-electron chi connectivity index (χ3n) is 4.36. The summed E-state index contributed by atoms with van der Waals surface area (Å²) in [5.41, 5.74) is 13.8. The zero-order valence-corrected chi connectivity index (χ0v) is 16.4. The van der Waals surface area contributed by atoms with Gasteiger partial charge in [0.15, 0.2) is 0 Å². The molecule has 0 spiro atoms. The van der Waals surface area contributed by atoms with E-state index in [1.807, 2.05) is 6.92 Å². The Labute approximate surface area is 166 Å². The molecule has 0 aromatic heterocycles. The van der Waals surface area contributed by atoms with Crippen molar-refractivity contribution in [1.82, 2.24) is 0 Å². The highest BCUT2D eigenvalue weighted by Gasteiger charge is 2.25. The van der Waals surface area contributed by atoms with Crippen molar-refractivity contribution in [2.75, 3.05) is 18.5 Å². The number of nitrogens with two attached hydrogens (primary N) is 2. The topological polar surface area (TPSA) is 123 Å². The highest BCUT2D eigenvalue weighted by molar-refractivity contribution is 8.19. The summed E-state index contributed by atoms with van der Waals surface area (Å²) >= 11 is 7.27. The molecule has 0 bridgehead atoms. The number of ether oxygens (including phenoxy) is 2. The number of hydrogen-bond donors (Lipinski definition) is 4. The zero-order valence-electron chi connectivity index (χ0n) is 14.8. The molecule has 2 aliphatic heterocycles. The molecule has 1 aromatic carbocycles. The highest BCUT2D eigenvalue weighted by Crippen LogP contribution is 2.40. The second kappa shape index (κ2) is 8.24. The van der Waals surface area contributed by atoms with Crippen molar-refractivity contribution >= 4 is 40.0 Å². The molecule has 144 valence electrons. The number of anilines is 1. The maximum absolute atomic E-state index is 11.6. The maximum Gasteiger partial charge on any atom is 0.248 e. The van der Waals surface area contributed by atoms with E-state index in [1.165, 1.54) is 0 Å². The van der Waals surface area contributed by atoms with E-state index in [0.717, 1.165) is 30.2 Å². The van der Waals surface area contributed by atoms with Crippen LogP contribution in [0.25, 0.3) is 0 Å². The normalized spacial score (nSPS) is 20.0. The fourth-order valence-corrected chi connectivity index (χ4v) is 3.99. The zero-order chi connectivity index (χ0) is 19.6. The highest BCUT2D eigenvalue weighted by atomic mass is 35.5. The summed E-state index contributed by atoms with van der Waals surface area (Å²) in [5, 5.41) is 11.4. The molecule has 2 heterocycles. The first-order valence-electron chi connectivity index (χ1n) is 8.45. The molecule has 1 aromatic rings. The second-order valence-corrected chi connectivity index (χ2v) is 7.87. The minimum absolute atomic E-state index is 0.0206. The number of hydrogen-bond acceptors (Lipinski definition) is 7. The number of amides is 1. The number of primary amides is 1. The van der Waals surface area contributed by atoms with Crippen LogP contribution in [0.3, 0.4) is 0 Å². The first-order valence-corrected chi connectivity index (χ1v) is 9.64. The van der Waals surface area contributed by atoms with Crippen molar-refractivity contribution in [2.24, 2.45) is 11.5 Å². The van der Waals surface area contributed by atoms with E-state index in [4.69, 9.17) is 38.0 Å². The van der Waals surface area contributed by atoms with Gasteiger partial charge in [-0.25, -0.2) is 0 Å². The van der Waals surface area contributed by atoms with Crippen LogP contribution in [0.4, 0.5) is 5.69 Å². The Bertz CT molecular complexity index is 847. The average molecular weight is 409 g/mol. The Morgan fingerprint density at radius 2 is 2.07 bits per heavy atom. The van der Waals surface area contributed by atoms with E-state index >= 15 is 0 Å². The van der Waals surface area contributed by atoms with Gasteiger partial charge in [-0.2, -0.15) is 0 Å². The lowest BCUT2D eigenvalue weighted by molar-refractivity contribution is 0.0258. The van der Waals surface area contributed by atoms with Crippen LogP contribution in [-0.2, 0) is 4.74 Å². The molecule has 0 radical (unpaired) electrons. The Hall–Kier alpha value is -2.16. The Morgan fingerprint density at radius 1 is 1.37 bits per heavy atom. The third-order valence-corrected chi connectivity index (χ3v) is 5.76. The predicted molar refractivity (Wildman–Crippen MR) is 108 cm³/mol. The van der Waals surface area contributed by atoms with Crippen LogP contribution in [0, 0.1) is 5.41 Å². The van der Waals surface area contributed by atoms with Gasteiger partial charge in [-0.1, -0.05) is 23.4 Å². The third kappa shape index (κ3) is 4.40. The lowest BCUT2D eigenvalue weighted by atomic mass is 10.1. The van der Waals surface area contributed by atoms with Gasteiger partial charge in [-0.3, -0.25) is 10.2 Å². The molecule has 9 heteroatoms. The smallest absolute Gasteiger partial charge is 0.248 e.